The average Bonchev–Trinajstić information content (AvgIpc) is 2.43. The van der Waals surface area contributed by atoms with Crippen molar-refractivity contribution in [3.05, 3.63) is 48.0 Å². The molecule has 0 saturated carbocycles. The standard InChI is InChI=1S/C15H11NO3/c1-19-10-7-12(15(17)18)11-6-9-4-2-3-5-13(9)16-14(11)8-10/h2-8H,1H3,(H,17,18). The Morgan fingerprint density at radius 1 is 1.16 bits per heavy atom. The maximum atomic E-state index is 11.3. The molecular weight excluding hydrogens is 242 g/mol. The van der Waals surface area contributed by atoms with Gasteiger partial charge in [-0.25, -0.2) is 9.78 Å². The number of hydrogen-bond acceptors (Lipinski definition) is 3. The third-order valence-corrected chi connectivity index (χ3v) is 3.08. The van der Waals surface area contributed by atoms with E-state index in [2.05, 4.69) is 4.98 Å². The number of hydrogen-bond donors (Lipinski definition) is 1. The van der Waals surface area contributed by atoms with Crippen LogP contribution >= 0.6 is 0 Å². The van der Waals surface area contributed by atoms with E-state index in [1.807, 2.05) is 30.3 Å². The number of benzene rings is 2. The van der Waals surface area contributed by atoms with Crippen LogP contribution in [0.3, 0.4) is 0 Å². The van der Waals surface area contributed by atoms with Crippen molar-refractivity contribution in [3.8, 4) is 5.75 Å². The smallest absolute Gasteiger partial charge is 0.336 e. The van der Waals surface area contributed by atoms with Gasteiger partial charge in [0, 0.05) is 16.8 Å². The first kappa shape index (κ1) is 11.5. The van der Waals surface area contributed by atoms with Crippen LogP contribution in [0.25, 0.3) is 21.8 Å². The first-order chi connectivity index (χ1) is 9.19. The molecule has 1 N–H and O–H groups in total. The van der Waals surface area contributed by atoms with Crippen LogP contribution in [-0.4, -0.2) is 23.2 Å². The molecule has 4 heteroatoms. The molecule has 0 aliphatic carbocycles. The minimum atomic E-state index is -0.985. The van der Waals surface area contributed by atoms with Crippen LogP contribution in [-0.2, 0) is 0 Å². The van der Waals surface area contributed by atoms with Crippen LogP contribution in [0, 0.1) is 0 Å². The molecule has 19 heavy (non-hydrogen) atoms. The summed E-state index contributed by atoms with van der Waals surface area (Å²) in [6, 6.07) is 12.7. The van der Waals surface area contributed by atoms with Crippen LogP contribution in [0.15, 0.2) is 42.5 Å². The first-order valence-corrected chi connectivity index (χ1v) is 5.80. The van der Waals surface area contributed by atoms with Crippen LogP contribution < -0.4 is 4.74 Å². The van der Waals surface area contributed by atoms with Gasteiger partial charge in [0.25, 0.3) is 0 Å². The summed E-state index contributed by atoms with van der Waals surface area (Å²) in [4.78, 5) is 15.8. The summed E-state index contributed by atoms with van der Waals surface area (Å²) in [7, 11) is 1.51. The van der Waals surface area contributed by atoms with Gasteiger partial charge in [-0.05, 0) is 18.2 Å². The lowest BCUT2D eigenvalue weighted by Gasteiger charge is -2.07. The van der Waals surface area contributed by atoms with Crippen molar-refractivity contribution >= 4 is 27.8 Å². The molecule has 0 aliphatic rings. The summed E-state index contributed by atoms with van der Waals surface area (Å²) in [5.74, 6) is -0.492. The van der Waals surface area contributed by atoms with Crippen molar-refractivity contribution in [2.24, 2.45) is 0 Å². The SMILES string of the molecule is COc1cc(C(=O)O)c2cc3ccccc3nc2c1. The molecule has 0 spiro atoms. The molecule has 2 aromatic carbocycles. The fourth-order valence-electron chi connectivity index (χ4n) is 2.15. The van der Waals surface area contributed by atoms with Crippen molar-refractivity contribution in [2.45, 2.75) is 0 Å². The summed E-state index contributed by atoms with van der Waals surface area (Å²) >= 11 is 0. The molecule has 0 aliphatic heterocycles. The lowest BCUT2D eigenvalue weighted by molar-refractivity contribution is 0.0698. The van der Waals surface area contributed by atoms with Gasteiger partial charge >= 0.3 is 5.97 Å². The second-order valence-corrected chi connectivity index (χ2v) is 4.23. The fourth-order valence-corrected chi connectivity index (χ4v) is 2.15. The van der Waals surface area contributed by atoms with Crippen molar-refractivity contribution in [3.63, 3.8) is 0 Å². The van der Waals surface area contributed by atoms with Gasteiger partial charge < -0.3 is 9.84 Å². The largest absolute Gasteiger partial charge is 0.497 e. The van der Waals surface area contributed by atoms with Gasteiger partial charge in [-0.3, -0.25) is 0 Å². The molecule has 0 unspecified atom stereocenters. The van der Waals surface area contributed by atoms with Crippen molar-refractivity contribution in [1.82, 2.24) is 4.98 Å². The highest BCUT2D eigenvalue weighted by Crippen LogP contribution is 2.27. The highest BCUT2D eigenvalue weighted by atomic mass is 16.5. The molecule has 0 radical (unpaired) electrons. The van der Waals surface area contributed by atoms with Gasteiger partial charge in [-0.15, -0.1) is 0 Å². The maximum Gasteiger partial charge on any atom is 0.336 e. The predicted octanol–water partition coefficient (Wildman–Crippen LogP) is 3.09. The van der Waals surface area contributed by atoms with E-state index in [1.54, 1.807) is 6.07 Å². The zero-order valence-electron chi connectivity index (χ0n) is 10.3. The number of fused-ring (bicyclic) bond motifs is 2. The lowest BCUT2D eigenvalue weighted by Crippen LogP contribution is -1.99. The van der Waals surface area contributed by atoms with Crippen LogP contribution in [0.5, 0.6) is 5.75 Å². The Morgan fingerprint density at radius 2 is 1.95 bits per heavy atom. The quantitative estimate of drug-likeness (QED) is 0.713. The Kier molecular flexibility index (Phi) is 2.56. The average molecular weight is 253 g/mol. The minimum absolute atomic E-state index is 0.201. The van der Waals surface area contributed by atoms with E-state index >= 15 is 0 Å². The number of ether oxygens (including phenoxy) is 1. The highest BCUT2D eigenvalue weighted by molar-refractivity contribution is 6.06. The number of pyridine rings is 1. The van der Waals surface area contributed by atoms with Crippen molar-refractivity contribution < 1.29 is 14.6 Å². The van der Waals surface area contributed by atoms with Crippen LogP contribution in [0.1, 0.15) is 10.4 Å². The van der Waals surface area contributed by atoms with E-state index < -0.39 is 5.97 Å². The molecule has 0 atom stereocenters. The number of carbonyl (C=O) groups is 1. The predicted molar refractivity (Wildman–Crippen MR) is 72.8 cm³/mol. The Bertz CT molecular complexity index is 796. The van der Waals surface area contributed by atoms with Crippen molar-refractivity contribution in [1.29, 1.82) is 0 Å². The number of rotatable bonds is 2. The van der Waals surface area contributed by atoms with Crippen LogP contribution in [0.2, 0.25) is 0 Å². The molecule has 0 bridgehead atoms. The third kappa shape index (κ3) is 1.87. The molecule has 3 aromatic rings. The summed E-state index contributed by atoms with van der Waals surface area (Å²) in [6.45, 7) is 0. The summed E-state index contributed by atoms with van der Waals surface area (Å²) < 4.78 is 5.12. The number of aromatic carboxylic acids is 1. The zero-order chi connectivity index (χ0) is 13.4. The van der Waals surface area contributed by atoms with Gasteiger partial charge in [0.2, 0.25) is 0 Å². The summed E-state index contributed by atoms with van der Waals surface area (Å²) in [5, 5.41) is 10.8. The molecule has 3 rings (SSSR count). The van der Waals surface area contributed by atoms with Gasteiger partial charge in [0.15, 0.2) is 0 Å². The molecule has 1 heterocycles. The summed E-state index contributed by atoms with van der Waals surface area (Å²) in [5.41, 5.74) is 1.66. The van der Waals surface area contributed by atoms with Gasteiger partial charge in [-0.2, -0.15) is 0 Å². The number of carboxylic acids is 1. The van der Waals surface area contributed by atoms with E-state index in [4.69, 9.17) is 4.74 Å². The van der Waals surface area contributed by atoms with Gasteiger partial charge in [-0.1, -0.05) is 18.2 Å². The number of aromatic nitrogens is 1. The molecule has 1 aromatic heterocycles. The molecule has 0 fully saturated rings. The normalized spacial score (nSPS) is 10.8. The fraction of sp³-hybridized carbons (Fsp3) is 0.0667. The molecule has 0 saturated heterocycles. The van der Waals surface area contributed by atoms with Gasteiger partial charge in [0.05, 0.1) is 23.7 Å². The Labute approximate surface area is 109 Å². The number of nitrogens with zero attached hydrogens (tertiary/aromatic N) is 1. The topological polar surface area (TPSA) is 59.4 Å². The van der Waals surface area contributed by atoms with E-state index in [1.165, 1.54) is 13.2 Å². The maximum absolute atomic E-state index is 11.3. The van der Waals surface area contributed by atoms with Crippen molar-refractivity contribution in [2.75, 3.05) is 7.11 Å². The molecular formula is C15H11NO3. The third-order valence-electron chi connectivity index (χ3n) is 3.08. The van der Waals surface area contributed by atoms with E-state index in [9.17, 15) is 9.90 Å². The molecule has 94 valence electrons. The first-order valence-electron chi connectivity index (χ1n) is 5.80. The Hall–Kier alpha value is -2.62. The second-order valence-electron chi connectivity index (χ2n) is 4.23. The monoisotopic (exact) mass is 253 g/mol. The zero-order valence-corrected chi connectivity index (χ0v) is 10.3. The minimum Gasteiger partial charge on any atom is -0.497 e. The van der Waals surface area contributed by atoms with E-state index in [0.29, 0.717) is 16.7 Å². The second kappa shape index (κ2) is 4.24. The Morgan fingerprint density at radius 3 is 2.68 bits per heavy atom. The van der Waals surface area contributed by atoms with Gasteiger partial charge in [0.1, 0.15) is 5.75 Å². The molecule has 4 nitrogen and oxygen atoms in total. The van der Waals surface area contributed by atoms with Crippen LogP contribution in [0.4, 0.5) is 0 Å². The lowest BCUT2D eigenvalue weighted by atomic mass is 10.1. The van der Waals surface area contributed by atoms with E-state index in [0.717, 1.165) is 10.9 Å². The Balaban J connectivity index is 2.45. The molecule has 0 amide bonds. The number of methoxy groups -OCH3 is 1. The number of carboxylic acid groups (broad SMARTS) is 1. The van der Waals surface area contributed by atoms with E-state index in [-0.39, 0.29) is 5.56 Å². The summed E-state index contributed by atoms with van der Waals surface area (Å²) in [6.07, 6.45) is 0. The highest BCUT2D eigenvalue weighted by Gasteiger charge is 2.12. The number of para-hydroxylation sites is 1.